The molecule has 5 heteroatoms. The molecule has 1 heterocycles. The molecule has 3 aromatic rings. The molecule has 1 aliphatic rings. The lowest BCUT2D eigenvalue weighted by atomic mass is 9.91. The molecule has 0 aliphatic heterocycles. The first kappa shape index (κ1) is 20.1. The summed E-state index contributed by atoms with van der Waals surface area (Å²) in [6.07, 6.45) is 3.83. The molecule has 0 spiro atoms. The Hall–Kier alpha value is -3.21. The Bertz CT molecular complexity index is 1060. The number of nitrogens with zero attached hydrogens (tertiary/aromatic N) is 2. The molecule has 0 saturated carbocycles. The number of rotatable bonds is 6. The highest BCUT2D eigenvalue weighted by atomic mass is 16.3. The van der Waals surface area contributed by atoms with Gasteiger partial charge in [-0.15, -0.1) is 0 Å². The maximum atomic E-state index is 12.6. The van der Waals surface area contributed by atoms with Crippen molar-refractivity contribution >= 4 is 11.7 Å². The molecule has 0 fully saturated rings. The number of benzene rings is 2. The van der Waals surface area contributed by atoms with Crippen molar-refractivity contribution in [3.8, 4) is 17.0 Å². The van der Waals surface area contributed by atoms with E-state index in [0.29, 0.717) is 12.2 Å². The third-order valence-electron chi connectivity index (χ3n) is 5.81. The van der Waals surface area contributed by atoms with E-state index in [-0.39, 0.29) is 17.6 Å². The first-order valence-corrected chi connectivity index (χ1v) is 10.6. The maximum absolute atomic E-state index is 12.6. The normalized spacial score (nSPS) is 13.3. The summed E-state index contributed by atoms with van der Waals surface area (Å²) < 4.78 is 0. The number of phenolic OH excluding ortho intramolecular Hbond substituents is 1. The summed E-state index contributed by atoms with van der Waals surface area (Å²) in [4.78, 5) is 22.4. The van der Waals surface area contributed by atoms with Gasteiger partial charge < -0.3 is 10.4 Å². The van der Waals surface area contributed by atoms with Gasteiger partial charge in [0.15, 0.2) is 5.82 Å². The molecular formula is C25H27N3O2. The number of carbonyl (C=O) groups is 1. The Morgan fingerprint density at radius 1 is 1.10 bits per heavy atom. The number of aromatic nitrogens is 2. The number of nitrogens with one attached hydrogen (secondary N) is 1. The lowest BCUT2D eigenvalue weighted by Crippen LogP contribution is -2.23. The van der Waals surface area contributed by atoms with Gasteiger partial charge in [-0.3, -0.25) is 4.79 Å². The van der Waals surface area contributed by atoms with Crippen LogP contribution in [-0.2, 0) is 30.5 Å². The van der Waals surface area contributed by atoms with Crippen molar-refractivity contribution in [1.29, 1.82) is 0 Å². The van der Waals surface area contributed by atoms with Gasteiger partial charge in [-0.25, -0.2) is 9.97 Å². The molecule has 4 rings (SSSR count). The van der Waals surface area contributed by atoms with E-state index in [0.717, 1.165) is 53.9 Å². The van der Waals surface area contributed by atoms with E-state index in [4.69, 9.17) is 9.97 Å². The Balaban J connectivity index is 1.71. The molecule has 0 radical (unpaired) electrons. The Morgan fingerprint density at radius 3 is 2.67 bits per heavy atom. The highest BCUT2D eigenvalue weighted by Crippen LogP contribution is 2.34. The molecule has 2 N–H and O–H groups in total. The summed E-state index contributed by atoms with van der Waals surface area (Å²) >= 11 is 0. The van der Waals surface area contributed by atoms with Crippen molar-refractivity contribution in [3.63, 3.8) is 0 Å². The zero-order valence-electron chi connectivity index (χ0n) is 17.5. The van der Waals surface area contributed by atoms with Crippen LogP contribution in [0.5, 0.6) is 5.75 Å². The number of hydrogen-bond acceptors (Lipinski definition) is 4. The fourth-order valence-corrected chi connectivity index (χ4v) is 3.77. The van der Waals surface area contributed by atoms with Crippen LogP contribution in [0.1, 0.15) is 42.8 Å². The van der Waals surface area contributed by atoms with E-state index < -0.39 is 0 Å². The molecule has 0 bridgehead atoms. The molecule has 30 heavy (non-hydrogen) atoms. The van der Waals surface area contributed by atoms with Gasteiger partial charge in [0, 0.05) is 11.5 Å². The monoisotopic (exact) mass is 401 g/mol. The van der Waals surface area contributed by atoms with Crippen molar-refractivity contribution in [3.05, 3.63) is 71.0 Å². The molecule has 154 valence electrons. The van der Waals surface area contributed by atoms with Gasteiger partial charge >= 0.3 is 0 Å². The van der Waals surface area contributed by atoms with Crippen LogP contribution in [0.15, 0.2) is 48.5 Å². The Labute approximate surface area is 177 Å². The Kier molecular flexibility index (Phi) is 5.79. The maximum Gasteiger partial charge on any atom is 0.228 e. The van der Waals surface area contributed by atoms with Crippen LogP contribution >= 0.6 is 0 Å². The zero-order valence-corrected chi connectivity index (χ0v) is 17.5. The third-order valence-corrected chi connectivity index (χ3v) is 5.81. The van der Waals surface area contributed by atoms with Gasteiger partial charge in [0.25, 0.3) is 0 Å². The molecular weight excluding hydrogens is 374 g/mol. The fourth-order valence-electron chi connectivity index (χ4n) is 3.77. The van der Waals surface area contributed by atoms with Crippen LogP contribution in [0.2, 0.25) is 0 Å². The first-order chi connectivity index (χ1) is 14.5. The van der Waals surface area contributed by atoms with Crippen molar-refractivity contribution in [2.75, 3.05) is 5.32 Å². The highest BCUT2D eigenvalue weighted by Gasteiger charge is 2.23. The van der Waals surface area contributed by atoms with Crippen molar-refractivity contribution in [2.45, 2.75) is 46.0 Å². The fraction of sp³-hybridized carbons (Fsp3) is 0.320. The summed E-state index contributed by atoms with van der Waals surface area (Å²) in [5, 5.41) is 12.9. The predicted octanol–water partition coefficient (Wildman–Crippen LogP) is 4.72. The number of fused-ring (bicyclic) bond motifs is 3. The second-order valence-corrected chi connectivity index (χ2v) is 7.94. The molecule has 1 aliphatic carbocycles. The van der Waals surface area contributed by atoms with E-state index in [2.05, 4.69) is 17.4 Å². The summed E-state index contributed by atoms with van der Waals surface area (Å²) in [7, 11) is 0. The lowest BCUT2D eigenvalue weighted by Gasteiger charge is -2.21. The van der Waals surface area contributed by atoms with Gasteiger partial charge in [-0.05, 0) is 61.4 Å². The number of hydrogen-bond donors (Lipinski definition) is 2. The summed E-state index contributed by atoms with van der Waals surface area (Å²) in [5.74, 6) is 0.756. The number of amides is 1. The molecule has 1 amide bonds. The SMILES string of the molecule is CCC(C)C(=O)Nc1nc2c(nc1CCc1ccccc1)-c1ccc(O)cc1CC2. The topological polar surface area (TPSA) is 75.1 Å². The van der Waals surface area contributed by atoms with Crippen LogP contribution in [0.4, 0.5) is 5.82 Å². The number of phenols is 1. The van der Waals surface area contributed by atoms with Crippen LogP contribution in [0.3, 0.4) is 0 Å². The van der Waals surface area contributed by atoms with E-state index in [1.54, 1.807) is 6.07 Å². The molecule has 1 atom stereocenters. The molecule has 5 nitrogen and oxygen atoms in total. The summed E-state index contributed by atoms with van der Waals surface area (Å²) in [6, 6.07) is 15.7. The Morgan fingerprint density at radius 2 is 1.90 bits per heavy atom. The lowest BCUT2D eigenvalue weighted by molar-refractivity contribution is -0.119. The second kappa shape index (κ2) is 8.66. The number of carbonyl (C=O) groups excluding carboxylic acids is 1. The minimum absolute atomic E-state index is 0.0196. The largest absolute Gasteiger partial charge is 0.508 e. The highest BCUT2D eigenvalue weighted by molar-refractivity contribution is 5.92. The van der Waals surface area contributed by atoms with Crippen LogP contribution < -0.4 is 5.32 Å². The standard InChI is InChI=1S/C25H27N3O2/c1-3-16(2)25(30)28-24-22(13-9-17-7-5-4-6-8-17)26-23-20-12-11-19(29)15-18(20)10-14-21(23)27-24/h4-8,11-12,15-16,29H,3,9-10,13-14H2,1-2H3,(H,27,28,30). The molecule has 0 saturated heterocycles. The van der Waals surface area contributed by atoms with E-state index >= 15 is 0 Å². The summed E-state index contributed by atoms with van der Waals surface area (Å²) in [6.45, 7) is 3.93. The van der Waals surface area contributed by atoms with Crippen molar-refractivity contribution in [2.24, 2.45) is 5.92 Å². The second-order valence-electron chi connectivity index (χ2n) is 7.94. The van der Waals surface area contributed by atoms with Gasteiger partial charge in [-0.1, -0.05) is 44.2 Å². The van der Waals surface area contributed by atoms with Gasteiger partial charge in [0.2, 0.25) is 5.91 Å². The minimum Gasteiger partial charge on any atom is -0.508 e. The van der Waals surface area contributed by atoms with Gasteiger partial charge in [0.05, 0.1) is 17.1 Å². The van der Waals surface area contributed by atoms with Crippen LogP contribution in [0.25, 0.3) is 11.3 Å². The summed E-state index contributed by atoms with van der Waals surface area (Å²) in [5.41, 5.74) is 5.89. The van der Waals surface area contributed by atoms with Crippen molar-refractivity contribution in [1.82, 2.24) is 9.97 Å². The van der Waals surface area contributed by atoms with Crippen LogP contribution in [-0.4, -0.2) is 21.0 Å². The molecule has 1 unspecified atom stereocenters. The van der Waals surface area contributed by atoms with Gasteiger partial charge in [0.1, 0.15) is 5.75 Å². The van der Waals surface area contributed by atoms with E-state index in [1.807, 2.05) is 44.2 Å². The number of aryl methyl sites for hydroxylation is 4. The average molecular weight is 402 g/mol. The first-order valence-electron chi connectivity index (χ1n) is 10.6. The number of anilines is 1. The number of aromatic hydroxyl groups is 1. The smallest absolute Gasteiger partial charge is 0.228 e. The van der Waals surface area contributed by atoms with E-state index in [1.165, 1.54) is 5.56 Å². The predicted molar refractivity (Wildman–Crippen MR) is 118 cm³/mol. The average Bonchev–Trinajstić information content (AvgIpc) is 2.77. The molecule has 1 aromatic heterocycles. The third kappa shape index (κ3) is 4.20. The molecule has 2 aromatic carbocycles. The van der Waals surface area contributed by atoms with E-state index in [9.17, 15) is 9.90 Å². The van der Waals surface area contributed by atoms with Crippen LogP contribution in [0, 0.1) is 5.92 Å². The quantitative estimate of drug-likeness (QED) is 0.627. The van der Waals surface area contributed by atoms with Gasteiger partial charge in [-0.2, -0.15) is 0 Å². The zero-order chi connectivity index (χ0) is 21.1. The minimum atomic E-state index is -0.0755. The van der Waals surface area contributed by atoms with Crippen molar-refractivity contribution < 1.29 is 9.90 Å².